The van der Waals surface area contributed by atoms with Gasteiger partial charge in [0.15, 0.2) is 0 Å². The molecular formula is C8H11N2OS2+. The Balaban J connectivity index is 2.17. The first-order valence-corrected chi connectivity index (χ1v) is 6.16. The first kappa shape index (κ1) is 10.6. The first-order chi connectivity index (χ1) is 6.29. The maximum Gasteiger partial charge on any atom is 0.309 e. The van der Waals surface area contributed by atoms with Crippen LogP contribution in [0.3, 0.4) is 0 Å². The summed E-state index contributed by atoms with van der Waals surface area (Å²) in [7, 11) is 3.22. The summed E-state index contributed by atoms with van der Waals surface area (Å²) in [5.41, 5.74) is 3.31. The number of carbonyl (C=O) groups is 1. The number of carbonyl (C=O) groups excluding carboxylic acids is 1. The number of hydrogen-bond donors (Lipinski definition) is 1. The van der Waals surface area contributed by atoms with Gasteiger partial charge in [0.25, 0.3) is 0 Å². The summed E-state index contributed by atoms with van der Waals surface area (Å²) >= 11 is 0. The highest BCUT2D eigenvalue weighted by atomic mass is 33.1. The second-order valence-corrected chi connectivity index (χ2v) is 4.80. The van der Waals surface area contributed by atoms with E-state index in [1.165, 1.54) is 0 Å². The Hall–Kier alpha value is -0.520. The molecule has 0 saturated heterocycles. The van der Waals surface area contributed by atoms with E-state index in [2.05, 4.69) is 10.7 Å². The standard InChI is InChI=1S/C8H10N2OS2/c9-7(11)4-6-12-13-8-3-1-2-5-10-8/h1-3,5H,4,6H2,(H2,9,11)/p+1. The average Bonchev–Trinajstić information content (AvgIpc) is 2.14. The van der Waals surface area contributed by atoms with Gasteiger partial charge in [-0.1, -0.05) is 16.9 Å². The van der Waals surface area contributed by atoms with Crippen LogP contribution in [0.15, 0.2) is 29.4 Å². The number of nitrogens with zero attached hydrogens (tertiary/aromatic N) is 1. The normalized spacial score (nSPS) is 9.92. The molecule has 1 aromatic rings. The first-order valence-electron chi connectivity index (χ1n) is 3.84. The number of pyridine rings is 1. The van der Waals surface area contributed by atoms with Gasteiger partial charge < -0.3 is 0 Å². The second kappa shape index (κ2) is 6.01. The van der Waals surface area contributed by atoms with Gasteiger partial charge in [-0.3, -0.25) is 5.73 Å². The highest BCUT2D eigenvalue weighted by molar-refractivity contribution is 8.76. The second-order valence-electron chi connectivity index (χ2n) is 2.36. The summed E-state index contributed by atoms with van der Waals surface area (Å²) in [4.78, 5) is 14.6. The highest BCUT2D eigenvalue weighted by Gasteiger charge is 1.99. The molecule has 0 radical (unpaired) electrons. The molecule has 1 amide bonds. The van der Waals surface area contributed by atoms with Crippen molar-refractivity contribution in [2.45, 2.75) is 11.4 Å². The van der Waals surface area contributed by atoms with Crippen molar-refractivity contribution in [2.75, 3.05) is 5.75 Å². The minimum Gasteiger partial charge on any atom is -0.295 e. The number of rotatable bonds is 5. The SMILES string of the molecule is [NH3+]C(=O)CCSSc1ccccn1. The Morgan fingerprint density at radius 3 is 3.00 bits per heavy atom. The molecule has 1 aromatic heterocycles. The molecule has 3 nitrogen and oxygen atoms in total. The lowest BCUT2D eigenvalue weighted by molar-refractivity contribution is -0.305. The van der Waals surface area contributed by atoms with E-state index in [-0.39, 0.29) is 5.91 Å². The zero-order valence-electron chi connectivity index (χ0n) is 7.10. The molecule has 1 heterocycles. The van der Waals surface area contributed by atoms with Gasteiger partial charge in [0.05, 0.1) is 6.42 Å². The third kappa shape index (κ3) is 4.92. The summed E-state index contributed by atoms with van der Waals surface area (Å²) in [6, 6.07) is 5.78. The summed E-state index contributed by atoms with van der Waals surface area (Å²) in [5, 5.41) is 0.976. The lowest BCUT2D eigenvalue weighted by Crippen LogP contribution is -2.56. The van der Waals surface area contributed by atoms with E-state index < -0.39 is 0 Å². The van der Waals surface area contributed by atoms with Gasteiger partial charge in [-0.05, 0) is 22.9 Å². The molecule has 0 aromatic carbocycles. The topological polar surface area (TPSA) is 57.6 Å². The zero-order valence-corrected chi connectivity index (χ0v) is 8.74. The minimum absolute atomic E-state index is 0.00544. The van der Waals surface area contributed by atoms with Crippen molar-refractivity contribution in [1.29, 1.82) is 0 Å². The molecule has 13 heavy (non-hydrogen) atoms. The molecule has 0 spiro atoms. The van der Waals surface area contributed by atoms with Crippen molar-refractivity contribution < 1.29 is 10.5 Å². The maximum atomic E-state index is 10.5. The van der Waals surface area contributed by atoms with Gasteiger partial charge in [-0.2, -0.15) is 0 Å². The van der Waals surface area contributed by atoms with Crippen molar-refractivity contribution in [2.24, 2.45) is 0 Å². The van der Waals surface area contributed by atoms with Gasteiger partial charge in [-0.25, -0.2) is 9.78 Å². The van der Waals surface area contributed by atoms with Crippen LogP contribution in [0.1, 0.15) is 6.42 Å². The molecule has 0 saturated carbocycles. The van der Waals surface area contributed by atoms with Crippen molar-refractivity contribution in [3.63, 3.8) is 0 Å². The Labute approximate surface area is 84.9 Å². The smallest absolute Gasteiger partial charge is 0.295 e. The maximum absolute atomic E-state index is 10.5. The Morgan fingerprint density at radius 1 is 1.54 bits per heavy atom. The Kier molecular flexibility index (Phi) is 4.88. The summed E-state index contributed by atoms with van der Waals surface area (Å²) in [6.45, 7) is 0. The van der Waals surface area contributed by atoms with Gasteiger partial charge in [-0.15, -0.1) is 0 Å². The molecule has 0 aliphatic rings. The van der Waals surface area contributed by atoms with Crippen molar-refractivity contribution in [3.05, 3.63) is 24.4 Å². The summed E-state index contributed by atoms with van der Waals surface area (Å²) in [5.74, 6) is 0.790. The van der Waals surface area contributed by atoms with Crippen molar-refractivity contribution in [1.82, 2.24) is 4.98 Å². The summed E-state index contributed by atoms with van der Waals surface area (Å²) in [6.07, 6.45) is 2.29. The molecular weight excluding hydrogens is 204 g/mol. The van der Waals surface area contributed by atoms with Crippen LogP contribution in [-0.4, -0.2) is 16.6 Å². The predicted molar refractivity (Wildman–Crippen MR) is 55.1 cm³/mol. The molecule has 1 rings (SSSR count). The molecule has 3 N–H and O–H groups in total. The lowest BCUT2D eigenvalue weighted by atomic mass is 10.5. The van der Waals surface area contributed by atoms with Gasteiger partial charge in [0, 0.05) is 11.9 Å². The van der Waals surface area contributed by atoms with Crippen LogP contribution in [0.5, 0.6) is 0 Å². The van der Waals surface area contributed by atoms with Crippen molar-refractivity contribution in [3.8, 4) is 0 Å². The van der Waals surface area contributed by atoms with Crippen molar-refractivity contribution >= 4 is 27.5 Å². The number of quaternary nitrogens is 1. The fourth-order valence-corrected chi connectivity index (χ4v) is 2.57. The molecule has 0 atom stereocenters. The molecule has 0 aliphatic carbocycles. The van der Waals surface area contributed by atoms with E-state index in [0.717, 1.165) is 10.8 Å². The molecule has 0 bridgehead atoms. The van der Waals surface area contributed by atoms with Crippen LogP contribution in [0.25, 0.3) is 0 Å². The number of hydrogen-bond acceptors (Lipinski definition) is 4. The highest BCUT2D eigenvalue weighted by Crippen LogP contribution is 2.28. The zero-order chi connectivity index (χ0) is 9.52. The molecule has 70 valence electrons. The molecule has 0 unspecified atom stereocenters. The van der Waals surface area contributed by atoms with Crippen LogP contribution in [0.2, 0.25) is 0 Å². The van der Waals surface area contributed by atoms with Gasteiger partial charge >= 0.3 is 5.91 Å². The van der Waals surface area contributed by atoms with E-state index in [1.807, 2.05) is 18.2 Å². The fourth-order valence-electron chi connectivity index (χ4n) is 0.654. The quantitative estimate of drug-likeness (QED) is 0.587. The molecule has 5 heteroatoms. The van der Waals surface area contributed by atoms with Crippen LogP contribution in [0, 0.1) is 0 Å². The van der Waals surface area contributed by atoms with E-state index in [0.29, 0.717) is 6.42 Å². The van der Waals surface area contributed by atoms with E-state index in [9.17, 15) is 4.79 Å². The number of aromatic nitrogens is 1. The molecule has 0 fully saturated rings. The van der Waals surface area contributed by atoms with Gasteiger partial charge in [0.2, 0.25) is 0 Å². The van der Waals surface area contributed by atoms with E-state index in [4.69, 9.17) is 0 Å². The van der Waals surface area contributed by atoms with Crippen LogP contribution in [-0.2, 0) is 4.79 Å². The average molecular weight is 215 g/mol. The van der Waals surface area contributed by atoms with Gasteiger partial charge in [0.1, 0.15) is 5.03 Å². The Bertz CT molecular complexity index is 266. The summed E-state index contributed by atoms with van der Waals surface area (Å²) < 4.78 is 0. The van der Waals surface area contributed by atoms with Crippen LogP contribution in [0.4, 0.5) is 0 Å². The van der Waals surface area contributed by atoms with Crippen LogP contribution >= 0.6 is 21.6 Å². The predicted octanol–water partition coefficient (Wildman–Crippen LogP) is 0.981. The Morgan fingerprint density at radius 2 is 2.38 bits per heavy atom. The lowest BCUT2D eigenvalue weighted by Gasteiger charge is -1.96. The third-order valence-electron chi connectivity index (χ3n) is 1.25. The minimum atomic E-state index is -0.00544. The van der Waals surface area contributed by atoms with E-state index >= 15 is 0 Å². The largest absolute Gasteiger partial charge is 0.309 e. The van der Waals surface area contributed by atoms with E-state index in [1.54, 1.807) is 27.8 Å². The monoisotopic (exact) mass is 215 g/mol. The van der Waals surface area contributed by atoms with Crippen LogP contribution < -0.4 is 5.73 Å². The fraction of sp³-hybridized carbons (Fsp3) is 0.250. The number of amides is 1. The molecule has 0 aliphatic heterocycles. The third-order valence-corrected chi connectivity index (χ3v) is 3.51.